The predicted molar refractivity (Wildman–Crippen MR) is 84.9 cm³/mol. The van der Waals surface area contributed by atoms with E-state index in [0.717, 1.165) is 0 Å². The molecule has 1 aromatic carbocycles. The molecule has 0 spiro atoms. The number of nitrogens with one attached hydrogen (secondary N) is 1. The van der Waals surface area contributed by atoms with Crippen molar-refractivity contribution >= 4 is 17.8 Å². The first-order chi connectivity index (χ1) is 12.1. The Labute approximate surface area is 148 Å². The van der Waals surface area contributed by atoms with Crippen molar-refractivity contribution in [2.45, 2.75) is 25.6 Å². The molecule has 2 N–H and O–H groups in total. The van der Waals surface area contributed by atoms with E-state index in [1.54, 1.807) is 30.3 Å². The van der Waals surface area contributed by atoms with Gasteiger partial charge in [0.1, 0.15) is 6.54 Å². The molecule has 0 saturated carbocycles. The van der Waals surface area contributed by atoms with Crippen LogP contribution in [0.2, 0.25) is 0 Å². The van der Waals surface area contributed by atoms with Gasteiger partial charge in [-0.1, -0.05) is 30.3 Å². The third-order valence-corrected chi connectivity index (χ3v) is 4.30. The summed E-state index contributed by atoms with van der Waals surface area (Å²) in [6.45, 7) is -0.313. The van der Waals surface area contributed by atoms with Crippen LogP contribution in [0.4, 0.5) is 13.2 Å². The number of halogens is 3. The number of nitrogens with zero attached hydrogens (tertiary/aromatic N) is 1. The number of hydrogen-bond donors (Lipinski definition) is 2. The fourth-order valence-electron chi connectivity index (χ4n) is 2.89. The van der Waals surface area contributed by atoms with E-state index in [4.69, 9.17) is 0 Å². The minimum atomic E-state index is -4.54. The van der Waals surface area contributed by atoms with Crippen LogP contribution < -0.4 is 5.32 Å². The SMILES string of the molecule is C[C@H](C(=O)O)[C@H](NC(=O)[C@H]1CC(=O)N(CC(F)(F)F)C1)c1ccccc1. The summed E-state index contributed by atoms with van der Waals surface area (Å²) in [5.74, 6) is -4.41. The lowest BCUT2D eigenvalue weighted by Gasteiger charge is -2.24. The summed E-state index contributed by atoms with van der Waals surface area (Å²) in [4.78, 5) is 36.1. The molecule has 2 rings (SSSR count). The van der Waals surface area contributed by atoms with Gasteiger partial charge >= 0.3 is 12.1 Å². The van der Waals surface area contributed by atoms with Crippen LogP contribution in [0.5, 0.6) is 0 Å². The monoisotopic (exact) mass is 372 g/mol. The molecular formula is C17H19F3N2O4. The third kappa shape index (κ3) is 4.96. The molecular weight excluding hydrogens is 353 g/mol. The Morgan fingerprint density at radius 1 is 1.31 bits per heavy atom. The van der Waals surface area contributed by atoms with Gasteiger partial charge in [-0.15, -0.1) is 0 Å². The van der Waals surface area contributed by atoms with Crippen molar-refractivity contribution in [2.75, 3.05) is 13.1 Å². The van der Waals surface area contributed by atoms with Crippen LogP contribution >= 0.6 is 0 Å². The van der Waals surface area contributed by atoms with Crippen LogP contribution in [0, 0.1) is 11.8 Å². The molecule has 1 aromatic rings. The molecule has 1 aliphatic heterocycles. The van der Waals surface area contributed by atoms with Crippen LogP contribution in [0.25, 0.3) is 0 Å². The summed E-state index contributed by atoms with van der Waals surface area (Å²) in [7, 11) is 0. The minimum absolute atomic E-state index is 0.328. The molecule has 0 bridgehead atoms. The van der Waals surface area contributed by atoms with E-state index in [1.165, 1.54) is 6.92 Å². The normalized spacial score (nSPS) is 19.9. The van der Waals surface area contributed by atoms with Gasteiger partial charge in [0.25, 0.3) is 0 Å². The van der Waals surface area contributed by atoms with Gasteiger partial charge in [-0.2, -0.15) is 13.2 Å². The highest BCUT2D eigenvalue weighted by Gasteiger charge is 2.41. The van der Waals surface area contributed by atoms with Crippen LogP contribution in [-0.4, -0.2) is 47.1 Å². The van der Waals surface area contributed by atoms with Crippen LogP contribution in [-0.2, 0) is 14.4 Å². The Bertz CT molecular complexity index is 678. The van der Waals surface area contributed by atoms with E-state index >= 15 is 0 Å². The number of hydrogen-bond acceptors (Lipinski definition) is 3. The Kier molecular flexibility index (Phi) is 5.89. The number of carboxylic acids is 1. The largest absolute Gasteiger partial charge is 0.481 e. The highest BCUT2D eigenvalue weighted by atomic mass is 19.4. The molecule has 0 aromatic heterocycles. The van der Waals surface area contributed by atoms with Crippen molar-refractivity contribution in [3.05, 3.63) is 35.9 Å². The van der Waals surface area contributed by atoms with E-state index in [2.05, 4.69) is 5.32 Å². The fraction of sp³-hybridized carbons (Fsp3) is 0.471. The van der Waals surface area contributed by atoms with E-state index < -0.39 is 48.4 Å². The third-order valence-electron chi connectivity index (χ3n) is 4.30. The summed E-state index contributed by atoms with van der Waals surface area (Å²) >= 11 is 0. The average molecular weight is 372 g/mol. The first-order valence-electron chi connectivity index (χ1n) is 8.01. The molecule has 1 fully saturated rings. The quantitative estimate of drug-likeness (QED) is 0.799. The second-order valence-corrected chi connectivity index (χ2v) is 6.31. The van der Waals surface area contributed by atoms with Gasteiger partial charge in [0.15, 0.2) is 0 Å². The second-order valence-electron chi connectivity index (χ2n) is 6.31. The number of amides is 2. The Balaban J connectivity index is 2.10. The van der Waals surface area contributed by atoms with Gasteiger partial charge in [0, 0.05) is 13.0 Å². The van der Waals surface area contributed by atoms with E-state index in [0.29, 0.717) is 10.5 Å². The zero-order valence-electron chi connectivity index (χ0n) is 14.0. The van der Waals surface area contributed by atoms with Crippen molar-refractivity contribution in [1.82, 2.24) is 10.2 Å². The summed E-state index contributed by atoms with van der Waals surface area (Å²) in [6.07, 6.45) is -4.86. The zero-order chi connectivity index (χ0) is 19.5. The Hall–Kier alpha value is -2.58. The van der Waals surface area contributed by atoms with Crippen molar-refractivity contribution in [3.8, 4) is 0 Å². The first-order valence-corrected chi connectivity index (χ1v) is 8.01. The highest BCUT2D eigenvalue weighted by Crippen LogP contribution is 2.27. The molecule has 6 nitrogen and oxygen atoms in total. The first kappa shape index (κ1) is 19.7. The number of benzene rings is 1. The van der Waals surface area contributed by atoms with Crippen LogP contribution in [0.15, 0.2) is 30.3 Å². The summed E-state index contributed by atoms with van der Waals surface area (Å²) in [5, 5.41) is 11.8. The maximum Gasteiger partial charge on any atom is 0.406 e. The van der Waals surface area contributed by atoms with Crippen LogP contribution in [0.1, 0.15) is 24.9 Å². The number of likely N-dealkylation sites (tertiary alicyclic amines) is 1. The zero-order valence-corrected chi connectivity index (χ0v) is 14.0. The summed E-state index contributed by atoms with van der Waals surface area (Å²) < 4.78 is 37.4. The topological polar surface area (TPSA) is 86.7 Å². The molecule has 1 saturated heterocycles. The number of carboxylic acid groups (broad SMARTS) is 1. The van der Waals surface area contributed by atoms with Crippen molar-refractivity contribution < 1.29 is 32.7 Å². The fourth-order valence-corrected chi connectivity index (χ4v) is 2.89. The molecule has 26 heavy (non-hydrogen) atoms. The van der Waals surface area contributed by atoms with Gasteiger partial charge in [-0.25, -0.2) is 0 Å². The number of carbonyl (C=O) groups is 3. The molecule has 1 heterocycles. The van der Waals surface area contributed by atoms with Gasteiger partial charge < -0.3 is 15.3 Å². The van der Waals surface area contributed by atoms with Gasteiger partial charge in [0.05, 0.1) is 17.9 Å². The van der Waals surface area contributed by atoms with Crippen LogP contribution in [0.3, 0.4) is 0 Å². The maximum atomic E-state index is 12.5. The number of alkyl halides is 3. The molecule has 2 amide bonds. The van der Waals surface area contributed by atoms with E-state index in [9.17, 15) is 32.7 Å². The minimum Gasteiger partial charge on any atom is -0.481 e. The summed E-state index contributed by atoms with van der Waals surface area (Å²) in [6, 6.07) is 7.56. The Morgan fingerprint density at radius 2 is 1.92 bits per heavy atom. The van der Waals surface area contributed by atoms with Gasteiger partial charge in [-0.3, -0.25) is 14.4 Å². The molecule has 3 atom stereocenters. The second kappa shape index (κ2) is 7.76. The lowest BCUT2D eigenvalue weighted by atomic mass is 9.93. The molecule has 142 valence electrons. The molecule has 1 aliphatic rings. The Morgan fingerprint density at radius 3 is 2.46 bits per heavy atom. The van der Waals surface area contributed by atoms with Crippen molar-refractivity contribution in [2.24, 2.45) is 11.8 Å². The lowest BCUT2D eigenvalue weighted by Crippen LogP contribution is -2.40. The maximum absolute atomic E-state index is 12.5. The number of rotatable bonds is 6. The predicted octanol–water partition coefficient (Wildman–Crippen LogP) is 1.98. The molecule has 0 unspecified atom stereocenters. The van der Waals surface area contributed by atoms with E-state index in [1.807, 2.05) is 0 Å². The van der Waals surface area contributed by atoms with Gasteiger partial charge in [-0.05, 0) is 12.5 Å². The van der Waals surface area contributed by atoms with Crippen molar-refractivity contribution in [3.63, 3.8) is 0 Å². The smallest absolute Gasteiger partial charge is 0.406 e. The van der Waals surface area contributed by atoms with Gasteiger partial charge in [0.2, 0.25) is 11.8 Å². The molecule has 9 heteroatoms. The average Bonchev–Trinajstić information content (AvgIpc) is 2.91. The highest BCUT2D eigenvalue weighted by molar-refractivity contribution is 5.89. The van der Waals surface area contributed by atoms with E-state index in [-0.39, 0.29) is 13.0 Å². The molecule has 0 radical (unpaired) electrons. The number of carbonyl (C=O) groups excluding carboxylic acids is 2. The molecule has 0 aliphatic carbocycles. The number of aliphatic carboxylic acids is 1. The standard InChI is InChI=1S/C17H19F3N2O4/c1-10(16(25)26)14(11-5-3-2-4-6-11)21-15(24)12-7-13(23)22(8-12)9-17(18,19)20/h2-6,10,12,14H,7-9H2,1H3,(H,21,24)(H,25,26)/t10-,12-,14-/m0/s1. The summed E-state index contributed by atoms with van der Waals surface area (Å²) in [5.41, 5.74) is 0.562. The van der Waals surface area contributed by atoms with Crippen molar-refractivity contribution in [1.29, 1.82) is 0 Å². The lowest BCUT2D eigenvalue weighted by molar-refractivity contribution is -0.157.